The highest BCUT2D eigenvalue weighted by Gasteiger charge is 2.42. The van der Waals surface area contributed by atoms with E-state index in [2.05, 4.69) is 22.4 Å². The van der Waals surface area contributed by atoms with Crippen LogP contribution in [-0.2, 0) is 36.0 Å². The SMILES string of the molecule is CCCN.CN.NCCC[NH+](CCOC=O)CC(=O)O.O=C1CCCN1c1ccc(S(=O)N2CCN(c3cc(C(F)(F)C4CCCCC4)cc(Cl)n3)CC2)cc1. The lowest BCUT2D eigenvalue weighted by Gasteiger charge is -2.35. The number of nitrogens with zero attached hydrogens (tertiary/aromatic N) is 4. The quantitative estimate of drug-likeness (QED) is 0.0946. The van der Waals surface area contributed by atoms with Crippen LogP contribution in [-0.4, -0.2) is 116 Å². The third-order valence-corrected chi connectivity index (χ3v) is 11.3. The van der Waals surface area contributed by atoms with Crippen LogP contribution < -0.4 is 31.9 Å². The van der Waals surface area contributed by atoms with Crippen LogP contribution in [0.5, 0.6) is 0 Å². The summed E-state index contributed by atoms with van der Waals surface area (Å²) in [5.74, 6) is -3.89. The predicted molar refractivity (Wildman–Crippen MR) is 216 cm³/mol. The van der Waals surface area contributed by atoms with Crippen molar-refractivity contribution in [1.29, 1.82) is 0 Å². The molecular formula is C38H62ClF2N8O6S+. The van der Waals surface area contributed by atoms with Crippen LogP contribution in [0.4, 0.5) is 20.3 Å². The van der Waals surface area contributed by atoms with Gasteiger partial charge < -0.3 is 41.7 Å². The fourth-order valence-corrected chi connectivity index (χ4v) is 7.92. The molecule has 8 N–H and O–H groups in total. The Balaban J connectivity index is 0.000000453. The van der Waals surface area contributed by atoms with Gasteiger partial charge in [-0.2, -0.15) is 0 Å². The minimum absolute atomic E-state index is 0.0300. The van der Waals surface area contributed by atoms with E-state index in [1.54, 1.807) is 4.90 Å². The summed E-state index contributed by atoms with van der Waals surface area (Å²) in [7, 11) is 0.151. The number of carboxylic acids is 1. The van der Waals surface area contributed by atoms with E-state index in [0.717, 1.165) is 62.2 Å². The molecule has 0 spiro atoms. The molecule has 14 nitrogen and oxygen atoms in total. The Morgan fingerprint density at radius 1 is 1.04 bits per heavy atom. The second kappa shape index (κ2) is 26.6. The van der Waals surface area contributed by atoms with Gasteiger partial charge in [-0.05, 0) is 82.2 Å². The molecule has 2 saturated heterocycles. The molecule has 1 aromatic carbocycles. The number of hydrogen-bond donors (Lipinski definition) is 5. The normalized spacial score (nSPS) is 17.3. The monoisotopic (exact) mass is 831 g/mol. The molecule has 2 aliphatic heterocycles. The van der Waals surface area contributed by atoms with Crippen LogP contribution in [0.25, 0.3) is 0 Å². The molecule has 1 aromatic heterocycles. The van der Waals surface area contributed by atoms with Gasteiger partial charge in [-0.3, -0.25) is 9.59 Å². The van der Waals surface area contributed by atoms with E-state index >= 15 is 8.78 Å². The van der Waals surface area contributed by atoms with Crippen molar-refractivity contribution in [3.05, 3.63) is 47.1 Å². The van der Waals surface area contributed by atoms with Crippen LogP contribution in [0.15, 0.2) is 41.3 Å². The number of carbonyl (C=O) groups is 3. The molecule has 2 atom stereocenters. The number of aliphatic carboxylic acids is 1. The maximum absolute atomic E-state index is 15.3. The van der Waals surface area contributed by atoms with Crippen molar-refractivity contribution in [3.63, 3.8) is 0 Å². The summed E-state index contributed by atoms with van der Waals surface area (Å²) in [6.45, 7) is 7.98. The molecule has 0 bridgehead atoms. The first-order chi connectivity index (χ1) is 26.9. The maximum Gasteiger partial charge on any atom is 0.359 e. The van der Waals surface area contributed by atoms with Crippen LogP contribution in [0.2, 0.25) is 5.15 Å². The predicted octanol–water partition coefficient (Wildman–Crippen LogP) is 2.79. The summed E-state index contributed by atoms with van der Waals surface area (Å²) in [6.07, 6.45) is 7.04. The minimum Gasteiger partial charge on any atom is -0.477 e. The molecule has 1 amide bonds. The summed E-state index contributed by atoms with van der Waals surface area (Å²) in [4.78, 5) is 41.8. The molecule has 3 aliphatic rings. The number of aromatic nitrogens is 1. The zero-order valence-electron chi connectivity index (χ0n) is 32.8. The third kappa shape index (κ3) is 15.9. The molecular weight excluding hydrogens is 770 g/mol. The van der Waals surface area contributed by atoms with E-state index in [9.17, 15) is 18.6 Å². The molecule has 0 radical (unpaired) electrons. The number of pyridine rings is 1. The van der Waals surface area contributed by atoms with Crippen molar-refractivity contribution < 1.29 is 42.1 Å². The van der Waals surface area contributed by atoms with Crippen LogP contribution in [0.3, 0.4) is 0 Å². The Morgan fingerprint density at radius 2 is 1.68 bits per heavy atom. The van der Waals surface area contributed by atoms with Gasteiger partial charge in [0.05, 0.1) is 11.4 Å². The summed E-state index contributed by atoms with van der Waals surface area (Å²) >= 11 is 6.19. The zero-order chi connectivity index (χ0) is 41.5. The van der Waals surface area contributed by atoms with E-state index in [1.165, 1.54) is 19.2 Å². The highest BCUT2D eigenvalue weighted by molar-refractivity contribution is 7.82. The number of carbonyl (C=O) groups excluding carboxylic acids is 2. The molecule has 56 heavy (non-hydrogen) atoms. The lowest BCUT2D eigenvalue weighted by molar-refractivity contribution is -0.892. The van der Waals surface area contributed by atoms with Crippen molar-refractivity contribution in [2.75, 3.05) is 88.9 Å². The fraction of sp³-hybridized carbons (Fsp3) is 0.632. The number of carboxylic acid groups (broad SMARTS) is 1. The first-order valence-corrected chi connectivity index (χ1v) is 20.9. The second-order valence-electron chi connectivity index (χ2n) is 13.5. The molecule has 316 valence electrons. The van der Waals surface area contributed by atoms with E-state index in [4.69, 9.17) is 28.2 Å². The largest absolute Gasteiger partial charge is 0.477 e. The van der Waals surface area contributed by atoms with Gasteiger partial charge in [-0.25, -0.2) is 27.1 Å². The molecule has 1 aliphatic carbocycles. The smallest absolute Gasteiger partial charge is 0.359 e. The van der Waals surface area contributed by atoms with Crippen LogP contribution >= 0.6 is 11.6 Å². The van der Waals surface area contributed by atoms with Crippen LogP contribution in [0.1, 0.15) is 70.3 Å². The van der Waals surface area contributed by atoms with E-state index < -0.39 is 28.8 Å². The first kappa shape index (κ1) is 48.8. The summed E-state index contributed by atoms with van der Waals surface area (Å²) < 4.78 is 50.1. The molecule has 2 unspecified atom stereocenters. The van der Waals surface area contributed by atoms with Crippen LogP contribution in [0, 0.1) is 5.92 Å². The first-order valence-electron chi connectivity index (χ1n) is 19.4. The van der Waals surface area contributed by atoms with E-state index in [-0.39, 0.29) is 29.8 Å². The molecule has 2 aromatic rings. The van der Waals surface area contributed by atoms with Crippen molar-refractivity contribution in [1.82, 2.24) is 9.29 Å². The van der Waals surface area contributed by atoms with E-state index in [1.807, 2.05) is 33.5 Å². The van der Waals surface area contributed by atoms with Crippen molar-refractivity contribution >= 4 is 52.4 Å². The zero-order valence-corrected chi connectivity index (χ0v) is 34.4. The number of hydrogen-bond acceptors (Lipinski definition) is 10. The number of ether oxygens (including phenoxy) is 1. The summed E-state index contributed by atoms with van der Waals surface area (Å²) in [5, 5.41) is 8.65. The Labute approximate surface area is 337 Å². The van der Waals surface area contributed by atoms with Gasteiger partial charge in [0.25, 0.3) is 12.4 Å². The number of quaternary nitrogens is 1. The molecule has 3 heterocycles. The maximum atomic E-state index is 15.3. The number of anilines is 2. The number of nitrogens with one attached hydrogen (secondary N) is 1. The highest BCUT2D eigenvalue weighted by atomic mass is 35.5. The average Bonchev–Trinajstić information content (AvgIpc) is 3.66. The average molecular weight is 832 g/mol. The van der Waals surface area contributed by atoms with Gasteiger partial charge in [0, 0.05) is 62.7 Å². The molecule has 18 heteroatoms. The van der Waals surface area contributed by atoms with Crippen molar-refractivity contribution in [2.45, 2.75) is 75.5 Å². The Bertz CT molecular complexity index is 1480. The number of piperazine rings is 1. The van der Waals surface area contributed by atoms with Crippen molar-refractivity contribution in [3.8, 4) is 0 Å². The minimum atomic E-state index is -2.93. The Morgan fingerprint density at radius 3 is 2.21 bits per heavy atom. The summed E-state index contributed by atoms with van der Waals surface area (Å²) in [5.41, 5.74) is 15.6. The second-order valence-corrected chi connectivity index (χ2v) is 15.4. The van der Waals surface area contributed by atoms with Gasteiger partial charge in [-0.15, -0.1) is 0 Å². The number of nitrogens with two attached hydrogens (primary N) is 3. The number of benzene rings is 1. The molecule has 1 saturated carbocycles. The van der Waals surface area contributed by atoms with Gasteiger partial charge in [0.15, 0.2) is 6.54 Å². The Hall–Kier alpha value is -3.32. The van der Waals surface area contributed by atoms with Gasteiger partial charge >= 0.3 is 5.97 Å². The molecule has 5 rings (SSSR count). The molecule has 3 fully saturated rings. The van der Waals surface area contributed by atoms with E-state index in [0.29, 0.717) is 82.3 Å². The lowest BCUT2D eigenvalue weighted by Crippen LogP contribution is -3.13. The number of amides is 1. The fourth-order valence-electron chi connectivity index (χ4n) is 6.55. The van der Waals surface area contributed by atoms with Crippen molar-refractivity contribution in [2.24, 2.45) is 23.1 Å². The Kier molecular flexibility index (Phi) is 23.2. The third-order valence-electron chi connectivity index (χ3n) is 9.57. The lowest BCUT2D eigenvalue weighted by atomic mass is 9.82. The van der Waals surface area contributed by atoms with Gasteiger partial charge in [0.2, 0.25) is 5.91 Å². The number of alkyl halides is 2. The number of halogens is 3. The summed E-state index contributed by atoms with van der Waals surface area (Å²) in [6, 6.07) is 10.1. The van der Waals surface area contributed by atoms with Gasteiger partial charge in [-0.1, -0.05) is 37.8 Å². The standard InChI is InChI=1S/C26H31ClF2N4O2S.C8H16N2O4.C3H9N.CH5N/c27-23-17-20(26(28,29)19-5-2-1-3-6-19)18-24(30-23)31-13-15-32(16-14-31)36(35)22-10-8-21(9-11-22)33-12-4-7-25(33)34;9-2-1-3-10(6-8(12)13)4-5-14-7-11;1-2-3-4;1-2/h8-11,17-19H,1-7,12-16H2;7H,1-6,9H2,(H,12,13);2-4H2,1H3;2H2,1H3/p+1. The topological polar surface area (TPSA) is 203 Å². The van der Waals surface area contributed by atoms with Gasteiger partial charge in [0.1, 0.15) is 35.1 Å². The number of rotatable bonds is 16. The highest BCUT2D eigenvalue weighted by Crippen LogP contribution is 2.44.